The number of ether oxygens (including phenoxy) is 2. The number of carbonyl (C=O) groups excluding carboxylic acids is 1. The number of hydrogen-bond acceptors (Lipinski definition) is 3. The Hall–Kier alpha value is -3.01. The molecule has 4 nitrogen and oxygen atoms in total. The summed E-state index contributed by atoms with van der Waals surface area (Å²) in [6.07, 6.45) is 4.08. The van der Waals surface area contributed by atoms with Gasteiger partial charge in [-0.15, -0.1) is 0 Å². The van der Waals surface area contributed by atoms with Gasteiger partial charge in [0.25, 0.3) is 11.7 Å². The number of anilines is 1. The molecule has 1 fully saturated rings. The molecule has 5 rings (SSSR count). The van der Waals surface area contributed by atoms with Crippen molar-refractivity contribution in [3.05, 3.63) is 66.2 Å². The molecule has 0 saturated heterocycles. The van der Waals surface area contributed by atoms with Crippen molar-refractivity contribution in [1.82, 2.24) is 0 Å². The topological polar surface area (TPSA) is 47.6 Å². The maximum Gasteiger partial charge on any atom is 0.255 e. The molecule has 1 aliphatic heterocycles. The van der Waals surface area contributed by atoms with Gasteiger partial charge in [-0.2, -0.15) is 0 Å². The van der Waals surface area contributed by atoms with Crippen LogP contribution in [-0.2, 0) is 0 Å². The monoisotopic (exact) mass is 345 g/mol. The molecule has 1 saturated carbocycles. The number of hydrogen-bond donors (Lipinski definition) is 1. The summed E-state index contributed by atoms with van der Waals surface area (Å²) in [5.41, 5.74) is 1.34. The molecule has 0 atom stereocenters. The number of fused-ring (bicyclic) bond motifs is 2. The molecule has 1 N–H and O–H groups in total. The summed E-state index contributed by atoms with van der Waals surface area (Å²) in [4.78, 5) is 12.6. The highest BCUT2D eigenvalue weighted by Gasteiger charge is 2.44. The lowest BCUT2D eigenvalue weighted by atomic mass is 10.1. The van der Waals surface area contributed by atoms with Gasteiger partial charge in [0.15, 0.2) is 11.5 Å². The second-order valence-corrected chi connectivity index (χ2v) is 7.00. The zero-order valence-electron chi connectivity index (χ0n) is 14.3. The Morgan fingerprint density at radius 2 is 1.62 bits per heavy atom. The van der Waals surface area contributed by atoms with E-state index in [1.807, 2.05) is 60.7 Å². The molecule has 0 unspecified atom stereocenters. The first-order valence-corrected chi connectivity index (χ1v) is 9.03. The van der Waals surface area contributed by atoms with Crippen LogP contribution in [0, 0.1) is 0 Å². The molecule has 0 aromatic heterocycles. The van der Waals surface area contributed by atoms with Gasteiger partial charge < -0.3 is 14.8 Å². The Morgan fingerprint density at radius 3 is 2.46 bits per heavy atom. The number of carbonyl (C=O) groups is 1. The van der Waals surface area contributed by atoms with Crippen molar-refractivity contribution in [3.63, 3.8) is 0 Å². The van der Waals surface area contributed by atoms with Gasteiger partial charge in [-0.1, -0.05) is 30.3 Å². The summed E-state index contributed by atoms with van der Waals surface area (Å²) in [7, 11) is 0. The van der Waals surface area contributed by atoms with Crippen LogP contribution in [0.4, 0.5) is 5.69 Å². The third-order valence-electron chi connectivity index (χ3n) is 5.17. The number of nitrogens with one attached hydrogen (secondary N) is 1. The van der Waals surface area contributed by atoms with Crippen LogP contribution in [0.2, 0.25) is 0 Å². The van der Waals surface area contributed by atoms with E-state index in [1.165, 1.54) is 0 Å². The van der Waals surface area contributed by atoms with Gasteiger partial charge in [-0.05, 0) is 47.9 Å². The van der Waals surface area contributed by atoms with Gasteiger partial charge in [0, 0.05) is 30.2 Å². The lowest BCUT2D eigenvalue weighted by Crippen LogP contribution is -2.34. The maximum absolute atomic E-state index is 12.6. The normalized spacial score (nSPS) is 16.9. The van der Waals surface area contributed by atoms with Crippen molar-refractivity contribution >= 4 is 22.4 Å². The SMILES string of the molecule is O=C(Nc1ccc2c(c1)OC1(CCCC1)O2)c1ccc2ccccc2c1. The Bertz CT molecular complexity index is 1010. The van der Waals surface area contributed by atoms with Crippen LogP contribution in [0.3, 0.4) is 0 Å². The fourth-order valence-electron chi connectivity index (χ4n) is 3.82. The first kappa shape index (κ1) is 15.3. The number of amides is 1. The van der Waals surface area contributed by atoms with Crippen LogP contribution >= 0.6 is 0 Å². The molecule has 130 valence electrons. The van der Waals surface area contributed by atoms with Gasteiger partial charge in [-0.25, -0.2) is 0 Å². The second kappa shape index (κ2) is 5.77. The van der Waals surface area contributed by atoms with E-state index in [0.29, 0.717) is 17.0 Å². The molecule has 0 radical (unpaired) electrons. The van der Waals surface area contributed by atoms with Gasteiger partial charge in [0.1, 0.15) is 0 Å². The van der Waals surface area contributed by atoms with Crippen molar-refractivity contribution in [2.75, 3.05) is 5.32 Å². The summed E-state index contributed by atoms with van der Waals surface area (Å²) >= 11 is 0. The van der Waals surface area contributed by atoms with E-state index in [0.717, 1.165) is 42.2 Å². The van der Waals surface area contributed by atoms with E-state index in [9.17, 15) is 4.79 Å². The van der Waals surface area contributed by atoms with Crippen LogP contribution in [0.1, 0.15) is 36.0 Å². The zero-order chi connectivity index (χ0) is 17.6. The van der Waals surface area contributed by atoms with Crippen molar-refractivity contribution in [2.45, 2.75) is 31.5 Å². The number of rotatable bonds is 2. The number of benzene rings is 3. The second-order valence-electron chi connectivity index (χ2n) is 7.00. The maximum atomic E-state index is 12.6. The van der Waals surface area contributed by atoms with E-state index in [-0.39, 0.29) is 5.91 Å². The molecule has 1 aliphatic carbocycles. The first-order valence-electron chi connectivity index (χ1n) is 9.03. The highest BCUT2D eigenvalue weighted by molar-refractivity contribution is 6.06. The average Bonchev–Trinajstić information content (AvgIpc) is 3.27. The Balaban J connectivity index is 1.37. The van der Waals surface area contributed by atoms with Crippen molar-refractivity contribution in [3.8, 4) is 11.5 Å². The van der Waals surface area contributed by atoms with Crippen LogP contribution in [0.25, 0.3) is 10.8 Å². The van der Waals surface area contributed by atoms with Crippen LogP contribution < -0.4 is 14.8 Å². The van der Waals surface area contributed by atoms with Crippen molar-refractivity contribution < 1.29 is 14.3 Å². The fraction of sp³-hybridized carbons (Fsp3) is 0.227. The van der Waals surface area contributed by atoms with E-state index in [4.69, 9.17) is 9.47 Å². The largest absolute Gasteiger partial charge is 0.448 e. The fourth-order valence-corrected chi connectivity index (χ4v) is 3.82. The molecule has 1 heterocycles. The third kappa shape index (κ3) is 2.58. The van der Waals surface area contributed by atoms with E-state index in [2.05, 4.69) is 5.32 Å². The molecular weight excluding hydrogens is 326 g/mol. The zero-order valence-corrected chi connectivity index (χ0v) is 14.3. The molecule has 26 heavy (non-hydrogen) atoms. The van der Waals surface area contributed by atoms with Gasteiger partial charge in [0.05, 0.1) is 0 Å². The Labute approximate surface area is 151 Å². The standard InChI is InChI=1S/C22H19NO3/c24-21(17-8-7-15-5-1-2-6-16(15)13-17)23-18-9-10-19-20(14-18)26-22(25-19)11-3-4-12-22/h1-2,5-10,13-14H,3-4,11-12H2,(H,23,24). The first-order chi connectivity index (χ1) is 12.7. The summed E-state index contributed by atoms with van der Waals surface area (Å²) in [5.74, 6) is 0.854. The van der Waals surface area contributed by atoms with Gasteiger partial charge >= 0.3 is 0 Å². The van der Waals surface area contributed by atoms with Crippen molar-refractivity contribution in [2.24, 2.45) is 0 Å². The predicted octanol–water partition coefficient (Wildman–Crippen LogP) is 5.13. The molecule has 0 bridgehead atoms. The minimum absolute atomic E-state index is 0.134. The highest BCUT2D eigenvalue weighted by Crippen LogP contribution is 2.47. The molecule has 1 amide bonds. The molecule has 1 spiro atoms. The van der Waals surface area contributed by atoms with Crippen LogP contribution in [0.15, 0.2) is 60.7 Å². The van der Waals surface area contributed by atoms with E-state index >= 15 is 0 Å². The lowest BCUT2D eigenvalue weighted by molar-refractivity contribution is -0.0716. The molecule has 3 aromatic carbocycles. The van der Waals surface area contributed by atoms with Crippen molar-refractivity contribution in [1.29, 1.82) is 0 Å². The quantitative estimate of drug-likeness (QED) is 0.700. The summed E-state index contributed by atoms with van der Waals surface area (Å²) in [5, 5.41) is 5.13. The summed E-state index contributed by atoms with van der Waals surface area (Å²) < 4.78 is 12.1. The molecule has 4 heteroatoms. The van der Waals surface area contributed by atoms with Gasteiger partial charge in [0.2, 0.25) is 0 Å². The average molecular weight is 345 g/mol. The lowest BCUT2D eigenvalue weighted by Gasteiger charge is -2.21. The van der Waals surface area contributed by atoms with Gasteiger partial charge in [-0.3, -0.25) is 4.79 Å². The van der Waals surface area contributed by atoms with E-state index in [1.54, 1.807) is 0 Å². The molecular formula is C22H19NO3. The molecule has 3 aromatic rings. The predicted molar refractivity (Wildman–Crippen MR) is 101 cm³/mol. The third-order valence-corrected chi connectivity index (χ3v) is 5.17. The Morgan fingerprint density at radius 1 is 0.846 bits per heavy atom. The van der Waals surface area contributed by atoms with Crippen LogP contribution in [-0.4, -0.2) is 11.7 Å². The van der Waals surface area contributed by atoms with Crippen LogP contribution in [0.5, 0.6) is 11.5 Å². The Kier molecular flexibility index (Phi) is 3.38. The minimum atomic E-state index is -0.483. The summed E-state index contributed by atoms with van der Waals surface area (Å²) in [6, 6.07) is 19.3. The smallest absolute Gasteiger partial charge is 0.255 e. The summed E-state index contributed by atoms with van der Waals surface area (Å²) in [6.45, 7) is 0. The highest BCUT2D eigenvalue weighted by atomic mass is 16.7. The van der Waals surface area contributed by atoms with E-state index < -0.39 is 5.79 Å². The minimum Gasteiger partial charge on any atom is -0.448 e. The molecule has 2 aliphatic rings.